The van der Waals surface area contributed by atoms with Crippen LogP contribution in [0.1, 0.15) is 35.2 Å². The molecule has 0 aliphatic carbocycles. The molecule has 0 aromatic heterocycles. The molecule has 2 aromatic rings. The molecule has 0 radical (unpaired) electrons. The van der Waals surface area contributed by atoms with Gasteiger partial charge in [0.25, 0.3) is 0 Å². The van der Waals surface area contributed by atoms with Crippen molar-refractivity contribution in [2.45, 2.75) is 26.8 Å². The molecular formula is C17H18F3N. The van der Waals surface area contributed by atoms with Crippen molar-refractivity contribution in [2.75, 3.05) is 6.54 Å². The van der Waals surface area contributed by atoms with Gasteiger partial charge in [-0.15, -0.1) is 0 Å². The van der Waals surface area contributed by atoms with Crippen LogP contribution in [0.15, 0.2) is 30.3 Å². The van der Waals surface area contributed by atoms with E-state index in [9.17, 15) is 13.2 Å². The monoisotopic (exact) mass is 293 g/mol. The Labute approximate surface area is 122 Å². The fraction of sp³-hybridized carbons (Fsp3) is 0.294. The second-order valence-electron chi connectivity index (χ2n) is 5.12. The summed E-state index contributed by atoms with van der Waals surface area (Å²) in [6.45, 7) is 5.63. The third-order valence-corrected chi connectivity index (χ3v) is 3.51. The van der Waals surface area contributed by atoms with E-state index >= 15 is 0 Å². The first-order chi connectivity index (χ1) is 9.93. The fourth-order valence-electron chi connectivity index (χ4n) is 2.34. The van der Waals surface area contributed by atoms with Gasteiger partial charge in [-0.05, 0) is 55.3 Å². The van der Waals surface area contributed by atoms with Crippen molar-refractivity contribution in [1.82, 2.24) is 5.32 Å². The summed E-state index contributed by atoms with van der Waals surface area (Å²) in [7, 11) is 0. The minimum Gasteiger partial charge on any atom is -0.306 e. The quantitative estimate of drug-likeness (QED) is 0.880. The minimum atomic E-state index is -0.510. The number of rotatable bonds is 4. The van der Waals surface area contributed by atoms with E-state index in [1.807, 2.05) is 6.92 Å². The Hall–Kier alpha value is -1.81. The van der Waals surface area contributed by atoms with Crippen LogP contribution in [0, 0.1) is 31.3 Å². The third kappa shape index (κ3) is 3.27. The molecule has 0 amide bonds. The fourth-order valence-corrected chi connectivity index (χ4v) is 2.34. The molecule has 21 heavy (non-hydrogen) atoms. The first kappa shape index (κ1) is 15.6. The molecule has 0 bridgehead atoms. The van der Waals surface area contributed by atoms with Crippen molar-refractivity contribution >= 4 is 0 Å². The number of hydrogen-bond donors (Lipinski definition) is 1. The van der Waals surface area contributed by atoms with E-state index in [0.29, 0.717) is 17.7 Å². The van der Waals surface area contributed by atoms with E-state index in [0.717, 1.165) is 0 Å². The van der Waals surface area contributed by atoms with Gasteiger partial charge >= 0.3 is 0 Å². The molecule has 1 atom stereocenters. The molecule has 0 spiro atoms. The highest BCUT2D eigenvalue weighted by Crippen LogP contribution is 2.27. The summed E-state index contributed by atoms with van der Waals surface area (Å²) in [5.74, 6) is -1.24. The number of benzene rings is 2. The number of aryl methyl sites for hydroxylation is 2. The molecular weight excluding hydrogens is 275 g/mol. The van der Waals surface area contributed by atoms with Gasteiger partial charge in [-0.2, -0.15) is 0 Å². The van der Waals surface area contributed by atoms with Crippen LogP contribution in [-0.4, -0.2) is 6.54 Å². The zero-order valence-corrected chi connectivity index (χ0v) is 12.3. The number of hydrogen-bond acceptors (Lipinski definition) is 1. The van der Waals surface area contributed by atoms with Crippen molar-refractivity contribution in [3.05, 3.63) is 70.0 Å². The molecule has 112 valence electrons. The Kier molecular flexibility index (Phi) is 4.68. The molecule has 0 saturated carbocycles. The molecule has 0 fully saturated rings. The van der Waals surface area contributed by atoms with E-state index in [-0.39, 0.29) is 16.9 Å². The van der Waals surface area contributed by atoms with Gasteiger partial charge in [0.05, 0.1) is 6.04 Å². The lowest BCUT2D eigenvalue weighted by molar-refractivity contribution is 0.540. The lowest BCUT2D eigenvalue weighted by atomic mass is 9.95. The first-order valence-corrected chi connectivity index (χ1v) is 6.89. The molecule has 0 aliphatic rings. The summed E-state index contributed by atoms with van der Waals surface area (Å²) < 4.78 is 41.3. The minimum absolute atomic E-state index is 0.228. The maximum absolute atomic E-state index is 14.2. The van der Waals surface area contributed by atoms with Gasteiger partial charge < -0.3 is 5.32 Å². The second kappa shape index (κ2) is 6.31. The molecule has 1 nitrogen and oxygen atoms in total. The third-order valence-electron chi connectivity index (χ3n) is 3.51. The Bertz CT molecular complexity index is 653. The maximum atomic E-state index is 14.2. The van der Waals surface area contributed by atoms with Crippen molar-refractivity contribution in [3.8, 4) is 0 Å². The highest BCUT2D eigenvalue weighted by atomic mass is 19.1. The van der Waals surface area contributed by atoms with E-state index in [1.54, 1.807) is 19.1 Å². The van der Waals surface area contributed by atoms with Crippen LogP contribution in [0.2, 0.25) is 0 Å². The predicted molar refractivity (Wildman–Crippen MR) is 77.8 cm³/mol. The zero-order valence-electron chi connectivity index (χ0n) is 12.3. The highest BCUT2D eigenvalue weighted by Gasteiger charge is 2.19. The van der Waals surface area contributed by atoms with Crippen molar-refractivity contribution in [1.29, 1.82) is 0 Å². The van der Waals surface area contributed by atoms with Crippen LogP contribution in [-0.2, 0) is 0 Å². The summed E-state index contributed by atoms with van der Waals surface area (Å²) in [4.78, 5) is 0. The smallest absolute Gasteiger partial charge is 0.128 e. The summed E-state index contributed by atoms with van der Waals surface area (Å²) in [5.41, 5.74) is 1.68. The average Bonchev–Trinajstić information content (AvgIpc) is 2.44. The van der Waals surface area contributed by atoms with E-state index in [1.165, 1.54) is 25.1 Å². The standard InChI is InChI=1S/C17H18F3N/c1-4-21-17(12-5-6-14(18)10(2)7-12)13-9-15(19)11(3)8-16(13)20/h5-9,17,21H,4H2,1-3H3. The van der Waals surface area contributed by atoms with Gasteiger partial charge in [0.15, 0.2) is 0 Å². The molecule has 0 saturated heterocycles. The summed E-state index contributed by atoms with van der Waals surface area (Å²) in [6, 6.07) is 6.47. The first-order valence-electron chi connectivity index (χ1n) is 6.89. The maximum Gasteiger partial charge on any atom is 0.128 e. The van der Waals surface area contributed by atoms with E-state index in [4.69, 9.17) is 0 Å². The van der Waals surface area contributed by atoms with E-state index in [2.05, 4.69) is 5.32 Å². The van der Waals surface area contributed by atoms with E-state index < -0.39 is 17.7 Å². The second-order valence-corrected chi connectivity index (χ2v) is 5.12. The molecule has 2 rings (SSSR count). The van der Waals surface area contributed by atoms with Gasteiger partial charge in [0.1, 0.15) is 17.5 Å². The highest BCUT2D eigenvalue weighted by molar-refractivity contribution is 5.37. The Morgan fingerprint density at radius 3 is 2.19 bits per heavy atom. The molecule has 0 heterocycles. The Morgan fingerprint density at radius 2 is 1.57 bits per heavy atom. The van der Waals surface area contributed by atoms with Gasteiger partial charge in [-0.1, -0.05) is 19.1 Å². The van der Waals surface area contributed by atoms with Crippen molar-refractivity contribution in [3.63, 3.8) is 0 Å². The van der Waals surface area contributed by atoms with Crippen molar-refractivity contribution < 1.29 is 13.2 Å². The summed E-state index contributed by atoms with van der Waals surface area (Å²) in [6.07, 6.45) is 0. The number of halogens is 3. The van der Waals surface area contributed by atoms with Gasteiger partial charge in [-0.25, -0.2) is 13.2 Å². The lowest BCUT2D eigenvalue weighted by Gasteiger charge is -2.20. The zero-order chi connectivity index (χ0) is 15.6. The SMILES string of the molecule is CCNC(c1ccc(F)c(C)c1)c1cc(F)c(C)cc1F. The van der Waals surface area contributed by atoms with Crippen LogP contribution >= 0.6 is 0 Å². The molecule has 1 unspecified atom stereocenters. The van der Waals surface area contributed by atoms with Gasteiger partial charge in [-0.3, -0.25) is 0 Å². The summed E-state index contributed by atoms with van der Waals surface area (Å²) in [5, 5.41) is 3.12. The van der Waals surface area contributed by atoms with Crippen LogP contribution < -0.4 is 5.32 Å². The Morgan fingerprint density at radius 1 is 0.905 bits per heavy atom. The van der Waals surface area contributed by atoms with Crippen LogP contribution in [0.5, 0.6) is 0 Å². The van der Waals surface area contributed by atoms with Gasteiger partial charge in [0, 0.05) is 5.56 Å². The Balaban J connectivity index is 2.52. The largest absolute Gasteiger partial charge is 0.306 e. The summed E-state index contributed by atoms with van der Waals surface area (Å²) >= 11 is 0. The predicted octanol–water partition coefficient (Wildman–Crippen LogP) is 4.42. The molecule has 2 aromatic carbocycles. The molecule has 1 N–H and O–H groups in total. The van der Waals surface area contributed by atoms with Crippen molar-refractivity contribution in [2.24, 2.45) is 0 Å². The average molecular weight is 293 g/mol. The lowest BCUT2D eigenvalue weighted by Crippen LogP contribution is -2.23. The van der Waals surface area contributed by atoms with Crippen LogP contribution in [0.4, 0.5) is 13.2 Å². The normalized spacial score (nSPS) is 12.5. The topological polar surface area (TPSA) is 12.0 Å². The number of nitrogens with one attached hydrogen (secondary N) is 1. The van der Waals surface area contributed by atoms with Crippen LogP contribution in [0.3, 0.4) is 0 Å². The van der Waals surface area contributed by atoms with Crippen LogP contribution in [0.25, 0.3) is 0 Å². The molecule has 0 aliphatic heterocycles. The van der Waals surface area contributed by atoms with Gasteiger partial charge in [0.2, 0.25) is 0 Å². The molecule has 4 heteroatoms.